The van der Waals surface area contributed by atoms with E-state index in [0.29, 0.717) is 49.9 Å². The minimum atomic E-state index is -0.548. The fraction of sp³-hybridized carbons (Fsp3) is 0.345. The molecular formula is C29H31N5O4. The van der Waals surface area contributed by atoms with Gasteiger partial charge in [-0.05, 0) is 55.2 Å². The second-order valence-electron chi connectivity index (χ2n) is 9.41. The Kier molecular flexibility index (Phi) is 8.02. The minimum absolute atomic E-state index is 0.0683. The van der Waals surface area contributed by atoms with Gasteiger partial charge in [-0.25, -0.2) is 0 Å². The first-order valence-electron chi connectivity index (χ1n) is 12.9. The first-order chi connectivity index (χ1) is 18.6. The van der Waals surface area contributed by atoms with Crippen molar-refractivity contribution in [1.82, 2.24) is 19.6 Å². The first kappa shape index (κ1) is 25.5. The highest BCUT2D eigenvalue weighted by Gasteiger charge is 2.27. The molecule has 2 aromatic carbocycles. The Bertz CT molecular complexity index is 1320. The Balaban J connectivity index is 1.27. The lowest BCUT2D eigenvalue weighted by Crippen LogP contribution is -2.40. The predicted molar refractivity (Wildman–Crippen MR) is 143 cm³/mol. The van der Waals surface area contributed by atoms with Crippen molar-refractivity contribution < 1.29 is 19.1 Å². The van der Waals surface area contributed by atoms with Gasteiger partial charge in [-0.15, -0.1) is 0 Å². The van der Waals surface area contributed by atoms with E-state index in [-0.39, 0.29) is 11.9 Å². The molecular weight excluding hydrogens is 482 g/mol. The molecule has 2 amide bonds. The number of likely N-dealkylation sites (tertiary alicyclic amines) is 1. The van der Waals surface area contributed by atoms with Crippen LogP contribution in [-0.2, 0) is 9.53 Å². The van der Waals surface area contributed by atoms with Gasteiger partial charge in [0.2, 0.25) is 0 Å². The molecule has 1 atom stereocenters. The standard InChI is InChI=1S/C29H31N5O4/c30-29(36)26-21-34(31-28(26)22-10-12-25(13-11-22)38-24-7-2-1-3-8-24)23-6-4-15-33(20-23)27(35)9-5-14-32-16-18-37-19-17-32/h1-3,7-8,10-13,21,23H,4,6,14-20H2,(H2,30,36). The number of benzene rings is 2. The summed E-state index contributed by atoms with van der Waals surface area (Å²) in [6.45, 7) is 4.77. The van der Waals surface area contributed by atoms with E-state index >= 15 is 0 Å². The number of hydrogen-bond acceptors (Lipinski definition) is 6. The van der Waals surface area contributed by atoms with Crippen LogP contribution in [0, 0.1) is 11.8 Å². The number of rotatable bonds is 6. The number of hydrogen-bond donors (Lipinski definition) is 1. The molecule has 196 valence electrons. The van der Waals surface area contributed by atoms with Gasteiger partial charge >= 0.3 is 0 Å². The number of amides is 2. The Labute approximate surface area is 222 Å². The van der Waals surface area contributed by atoms with Crippen LogP contribution in [0.5, 0.6) is 11.5 Å². The quantitative estimate of drug-likeness (QED) is 0.509. The maximum absolute atomic E-state index is 12.8. The number of aromatic nitrogens is 2. The Morgan fingerprint density at radius 3 is 2.50 bits per heavy atom. The molecule has 0 radical (unpaired) electrons. The zero-order valence-electron chi connectivity index (χ0n) is 21.2. The van der Waals surface area contributed by atoms with Crippen molar-refractivity contribution in [3.8, 4) is 34.6 Å². The first-order valence-corrected chi connectivity index (χ1v) is 12.9. The summed E-state index contributed by atoms with van der Waals surface area (Å²) < 4.78 is 13.0. The molecule has 3 heterocycles. The normalized spacial score (nSPS) is 17.9. The van der Waals surface area contributed by atoms with Crippen LogP contribution in [0.1, 0.15) is 29.2 Å². The summed E-state index contributed by atoms with van der Waals surface area (Å²) >= 11 is 0. The second kappa shape index (κ2) is 11.9. The van der Waals surface area contributed by atoms with Crippen LogP contribution in [0.4, 0.5) is 0 Å². The van der Waals surface area contributed by atoms with Crippen molar-refractivity contribution in [2.75, 3.05) is 45.9 Å². The van der Waals surface area contributed by atoms with Crippen molar-refractivity contribution >= 4 is 11.8 Å². The number of nitrogens with zero attached hydrogens (tertiary/aromatic N) is 4. The van der Waals surface area contributed by atoms with E-state index in [4.69, 9.17) is 20.3 Å². The maximum Gasteiger partial charge on any atom is 0.298 e. The minimum Gasteiger partial charge on any atom is -0.457 e. The predicted octanol–water partition coefficient (Wildman–Crippen LogP) is 2.94. The second-order valence-corrected chi connectivity index (χ2v) is 9.41. The molecule has 0 spiro atoms. The molecule has 2 fully saturated rings. The maximum atomic E-state index is 12.8. The third kappa shape index (κ3) is 6.22. The number of carbonyl (C=O) groups excluding carboxylic acids is 2. The third-order valence-corrected chi connectivity index (χ3v) is 6.76. The number of primary amides is 1. The van der Waals surface area contributed by atoms with E-state index in [1.165, 1.54) is 0 Å². The van der Waals surface area contributed by atoms with Crippen molar-refractivity contribution in [3.63, 3.8) is 0 Å². The molecule has 38 heavy (non-hydrogen) atoms. The Morgan fingerprint density at radius 1 is 1.03 bits per heavy atom. The highest BCUT2D eigenvalue weighted by molar-refractivity contribution is 5.98. The molecule has 1 unspecified atom stereocenters. The fourth-order valence-electron chi connectivity index (χ4n) is 4.70. The van der Waals surface area contributed by atoms with Gasteiger partial charge < -0.3 is 20.1 Å². The van der Waals surface area contributed by atoms with E-state index < -0.39 is 5.91 Å². The van der Waals surface area contributed by atoms with Gasteiger partial charge in [0, 0.05) is 37.9 Å². The number of ether oxygens (including phenoxy) is 2. The molecule has 9 nitrogen and oxygen atoms in total. The summed E-state index contributed by atoms with van der Waals surface area (Å²) in [6.07, 6.45) is 3.36. The van der Waals surface area contributed by atoms with Crippen LogP contribution in [0.15, 0.2) is 60.8 Å². The third-order valence-electron chi connectivity index (χ3n) is 6.76. The van der Waals surface area contributed by atoms with E-state index in [1.807, 2.05) is 54.6 Å². The molecule has 0 bridgehead atoms. The number of nitrogens with two attached hydrogens (primary N) is 1. The monoisotopic (exact) mass is 513 g/mol. The van der Waals surface area contributed by atoms with Gasteiger partial charge in [-0.2, -0.15) is 5.10 Å². The summed E-state index contributed by atoms with van der Waals surface area (Å²) in [4.78, 5) is 29.0. The summed E-state index contributed by atoms with van der Waals surface area (Å²) in [7, 11) is 0. The smallest absolute Gasteiger partial charge is 0.298 e. The molecule has 2 aliphatic heterocycles. The Morgan fingerprint density at radius 2 is 1.76 bits per heavy atom. The van der Waals surface area contributed by atoms with Crippen LogP contribution in [0.2, 0.25) is 0 Å². The van der Waals surface area contributed by atoms with Crippen molar-refractivity contribution in [3.05, 3.63) is 66.4 Å². The SMILES string of the molecule is NC(=O)c1cn(C2CCCN(C(=O)C#CCN3CCOCC3)C2)nc1-c1ccc(Oc2ccccc2)cc1. The lowest BCUT2D eigenvalue weighted by atomic mass is 10.1. The van der Waals surface area contributed by atoms with E-state index in [0.717, 1.165) is 37.2 Å². The Hall–Kier alpha value is -4.13. The van der Waals surface area contributed by atoms with Gasteiger partial charge in [0.15, 0.2) is 0 Å². The van der Waals surface area contributed by atoms with Crippen molar-refractivity contribution in [2.45, 2.75) is 18.9 Å². The summed E-state index contributed by atoms with van der Waals surface area (Å²) in [5.74, 6) is 6.49. The summed E-state index contributed by atoms with van der Waals surface area (Å²) in [6, 6.07) is 16.8. The van der Waals surface area contributed by atoms with E-state index in [1.54, 1.807) is 15.8 Å². The highest BCUT2D eigenvalue weighted by atomic mass is 16.5. The van der Waals surface area contributed by atoms with E-state index in [9.17, 15) is 9.59 Å². The number of piperidine rings is 1. The van der Waals surface area contributed by atoms with Crippen molar-refractivity contribution in [2.24, 2.45) is 5.73 Å². The van der Waals surface area contributed by atoms with Gasteiger partial charge in [0.25, 0.3) is 11.8 Å². The fourth-order valence-corrected chi connectivity index (χ4v) is 4.70. The van der Waals surface area contributed by atoms with Crippen molar-refractivity contribution in [1.29, 1.82) is 0 Å². The molecule has 2 aliphatic rings. The van der Waals surface area contributed by atoms with Crippen LogP contribution in [0.25, 0.3) is 11.3 Å². The lowest BCUT2D eigenvalue weighted by Gasteiger charge is -2.31. The van der Waals surface area contributed by atoms with Crippen LogP contribution in [-0.4, -0.2) is 77.3 Å². The molecule has 5 rings (SSSR count). The van der Waals surface area contributed by atoms with Crippen LogP contribution < -0.4 is 10.5 Å². The number of carbonyl (C=O) groups is 2. The number of para-hydroxylation sites is 1. The molecule has 2 saturated heterocycles. The van der Waals surface area contributed by atoms with Gasteiger partial charge in [-0.3, -0.25) is 19.2 Å². The average molecular weight is 514 g/mol. The van der Waals surface area contributed by atoms with Gasteiger partial charge in [0.05, 0.1) is 31.4 Å². The zero-order chi connectivity index (χ0) is 26.3. The largest absolute Gasteiger partial charge is 0.457 e. The summed E-state index contributed by atoms with van der Waals surface area (Å²) in [5.41, 5.74) is 7.32. The van der Waals surface area contributed by atoms with Gasteiger partial charge in [0.1, 0.15) is 17.2 Å². The number of morpholine rings is 1. The topological polar surface area (TPSA) is 103 Å². The van der Waals surface area contributed by atoms with Crippen LogP contribution >= 0.6 is 0 Å². The van der Waals surface area contributed by atoms with E-state index in [2.05, 4.69) is 16.7 Å². The lowest BCUT2D eigenvalue weighted by molar-refractivity contribution is -0.126. The summed E-state index contributed by atoms with van der Waals surface area (Å²) in [5, 5.41) is 4.74. The molecule has 1 aromatic heterocycles. The zero-order valence-corrected chi connectivity index (χ0v) is 21.2. The molecule has 3 aromatic rings. The average Bonchev–Trinajstić information content (AvgIpc) is 3.41. The molecule has 0 aliphatic carbocycles. The molecule has 9 heteroatoms. The van der Waals surface area contributed by atoms with Gasteiger partial charge in [-0.1, -0.05) is 24.1 Å². The van der Waals surface area contributed by atoms with Crippen LogP contribution in [0.3, 0.4) is 0 Å². The molecule has 2 N–H and O–H groups in total. The molecule has 0 saturated carbocycles. The highest BCUT2D eigenvalue weighted by Crippen LogP contribution is 2.29.